The Morgan fingerprint density at radius 2 is 1.88 bits per heavy atom. The highest BCUT2D eigenvalue weighted by molar-refractivity contribution is 8.27. The van der Waals surface area contributed by atoms with Crippen molar-refractivity contribution in [2.45, 2.75) is 46.0 Å². The van der Waals surface area contributed by atoms with Crippen LogP contribution >= 0.6 is 11.8 Å². The van der Waals surface area contributed by atoms with Gasteiger partial charge in [0.1, 0.15) is 10.8 Å². The number of aryl methyl sites for hydroxylation is 1. The Hall–Kier alpha value is -3.13. The molecule has 170 valence electrons. The smallest absolute Gasteiger partial charge is 0.283 e. The molecule has 0 atom stereocenters. The van der Waals surface area contributed by atoms with E-state index in [0.29, 0.717) is 11.1 Å². The van der Waals surface area contributed by atoms with E-state index in [9.17, 15) is 4.79 Å². The highest BCUT2D eigenvalue weighted by atomic mass is 32.2. The maximum absolute atomic E-state index is 12.9. The van der Waals surface area contributed by atoms with Gasteiger partial charge in [-0.1, -0.05) is 19.3 Å². The predicted octanol–water partition coefficient (Wildman–Crippen LogP) is 5.30. The quantitative estimate of drug-likeness (QED) is 0.626. The number of rotatable bonds is 4. The number of hydrazone groups is 1. The molecule has 1 saturated carbocycles. The molecule has 1 amide bonds. The number of ether oxygens (including phenoxy) is 1. The number of aliphatic imine (C=N–C) groups is 1. The van der Waals surface area contributed by atoms with Gasteiger partial charge in [0.2, 0.25) is 5.17 Å². The minimum atomic E-state index is -0.381. The first-order chi connectivity index (χ1) is 16.0. The number of hydrogen-bond donors (Lipinski definition) is 1. The number of hydrogen-bond acceptors (Lipinski definition) is 5. The van der Waals surface area contributed by atoms with Crippen molar-refractivity contribution < 1.29 is 9.53 Å². The Kier molecular flexibility index (Phi) is 5.70. The summed E-state index contributed by atoms with van der Waals surface area (Å²) in [7, 11) is 1.65. The van der Waals surface area contributed by atoms with Gasteiger partial charge < -0.3 is 9.30 Å². The molecular weight excluding hydrogens is 434 g/mol. The molecule has 0 unspecified atom stereocenters. The molecule has 7 nitrogen and oxygen atoms in total. The molecule has 1 aromatic heterocycles. The Morgan fingerprint density at radius 1 is 1.15 bits per heavy atom. The summed E-state index contributed by atoms with van der Waals surface area (Å²) in [5, 5.41) is 16.4. The number of methoxy groups -OCH3 is 1. The number of carbonyl (C=O) groups excluding carboxylic acids is 1. The highest BCUT2D eigenvalue weighted by Crippen LogP contribution is 2.36. The van der Waals surface area contributed by atoms with E-state index < -0.39 is 0 Å². The Labute approximate surface area is 197 Å². The Bertz CT molecular complexity index is 1220. The largest absolute Gasteiger partial charge is 0.497 e. The number of nitrogens with one attached hydrogen (secondary N) is 1. The van der Waals surface area contributed by atoms with E-state index in [0.717, 1.165) is 46.3 Å². The zero-order chi connectivity index (χ0) is 23.1. The molecule has 2 aliphatic heterocycles. The fourth-order valence-electron chi connectivity index (χ4n) is 4.74. The van der Waals surface area contributed by atoms with Crippen molar-refractivity contribution >= 4 is 39.8 Å². The van der Waals surface area contributed by atoms with Crippen molar-refractivity contribution in [1.29, 1.82) is 5.41 Å². The average Bonchev–Trinajstić information content (AvgIpc) is 3.38. The van der Waals surface area contributed by atoms with E-state index in [-0.39, 0.29) is 17.3 Å². The van der Waals surface area contributed by atoms with Crippen molar-refractivity contribution in [3.05, 3.63) is 52.9 Å². The third-order valence-corrected chi connectivity index (χ3v) is 7.60. The van der Waals surface area contributed by atoms with Crippen molar-refractivity contribution in [1.82, 2.24) is 9.58 Å². The number of carbonyl (C=O) groups is 1. The van der Waals surface area contributed by atoms with E-state index >= 15 is 0 Å². The Morgan fingerprint density at radius 3 is 2.58 bits per heavy atom. The molecule has 3 aliphatic rings. The minimum absolute atomic E-state index is 0.0950. The second kappa shape index (κ2) is 8.67. The summed E-state index contributed by atoms with van der Waals surface area (Å²) in [4.78, 5) is 17.1. The van der Waals surface area contributed by atoms with Gasteiger partial charge in [-0.05, 0) is 80.4 Å². The molecule has 0 bridgehead atoms. The van der Waals surface area contributed by atoms with E-state index in [2.05, 4.69) is 9.56 Å². The van der Waals surface area contributed by atoms with Gasteiger partial charge in [-0.25, -0.2) is 0 Å². The number of benzene rings is 1. The average molecular weight is 462 g/mol. The predicted molar refractivity (Wildman–Crippen MR) is 133 cm³/mol. The summed E-state index contributed by atoms with van der Waals surface area (Å²) in [5.41, 5.74) is 4.19. The van der Waals surface area contributed by atoms with Crippen molar-refractivity contribution in [2.75, 3.05) is 7.11 Å². The second-order valence-electron chi connectivity index (χ2n) is 8.65. The van der Waals surface area contributed by atoms with E-state index in [4.69, 9.17) is 15.2 Å². The lowest BCUT2D eigenvalue weighted by Crippen LogP contribution is -2.35. The molecule has 2 aromatic rings. The van der Waals surface area contributed by atoms with Gasteiger partial charge >= 0.3 is 0 Å². The fraction of sp³-hybridized carbons (Fsp3) is 0.360. The Balaban J connectivity index is 1.46. The zero-order valence-electron chi connectivity index (χ0n) is 19.1. The lowest BCUT2D eigenvalue weighted by atomic mass is 9.90. The molecule has 8 heteroatoms. The molecule has 1 aromatic carbocycles. The van der Waals surface area contributed by atoms with Crippen LogP contribution in [0.25, 0.3) is 11.8 Å². The summed E-state index contributed by atoms with van der Waals surface area (Å²) < 4.78 is 7.39. The van der Waals surface area contributed by atoms with Gasteiger partial charge in [0.25, 0.3) is 5.91 Å². The van der Waals surface area contributed by atoms with Crippen LogP contribution in [0.3, 0.4) is 0 Å². The van der Waals surface area contributed by atoms with E-state index in [1.807, 2.05) is 44.2 Å². The highest BCUT2D eigenvalue weighted by Gasteiger charge is 2.38. The van der Waals surface area contributed by atoms with Crippen molar-refractivity contribution in [3.8, 4) is 11.4 Å². The van der Waals surface area contributed by atoms with E-state index in [1.165, 1.54) is 36.0 Å². The molecule has 0 saturated heterocycles. The number of thioether (sulfide) groups is 1. The van der Waals surface area contributed by atoms with Crippen molar-refractivity contribution in [2.24, 2.45) is 16.0 Å². The number of fused-ring (bicyclic) bond motifs is 1. The minimum Gasteiger partial charge on any atom is -0.497 e. The van der Waals surface area contributed by atoms with Gasteiger partial charge in [-0.3, -0.25) is 10.2 Å². The van der Waals surface area contributed by atoms with E-state index in [1.54, 1.807) is 13.2 Å². The SMILES string of the molecule is COc1ccc(-n2c(C)cc(/C=C3/C(=N)N4N=C(C5CCCCC5)SC4=NC3=O)c2C)cc1. The molecule has 1 fully saturated rings. The summed E-state index contributed by atoms with van der Waals surface area (Å²) in [5.74, 6) is 0.927. The van der Waals surface area contributed by atoms with Crippen LogP contribution in [0.1, 0.15) is 49.1 Å². The van der Waals surface area contributed by atoms with Crippen LogP contribution in [0.5, 0.6) is 5.75 Å². The van der Waals surface area contributed by atoms with Crippen LogP contribution in [-0.2, 0) is 4.79 Å². The number of nitrogens with zero attached hydrogens (tertiary/aromatic N) is 4. The number of aromatic nitrogens is 1. The summed E-state index contributed by atoms with van der Waals surface area (Å²) >= 11 is 1.45. The lowest BCUT2D eigenvalue weighted by molar-refractivity contribution is -0.114. The number of amidine groups is 2. The molecule has 3 heterocycles. The summed E-state index contributed by atoms with van der Waals surface area (Å²) in [6, 6.07) is 9.89. The standard InChI is InChI=1S/C25H27N5O2S/c1-15-13-18(16(2)29(15)19-9-11-20(32-3)12-10-19)14-21-22(26)30-25(27-23(21)31)33-24(28-30)17-7-5-4-6-8-17/h9-14,17,26H,4-8H2,1-3H3/b21-14-,26-22?. The molecule has 1 aliphatic carbocycles. The first kappa shape index (κ1) is 21.7. The normalized spacial score (nSPS) is 20.2. The monoisotopic (exact) mass is 461 g/mol. The lowest BCUT2D eigenvalue weighted by Gasteiger charge is -2.20. The van der Waals surface area contributed by atoms with Crippen LogP contribution in [0, 0.1) is 25.2 Å². The zero-order valence-corrected chi connectivity index (χ0v) is 19.9. The first-order valence-electron chi connectivity index (χ1n) is 11.3. The van der Waals surface area contributed by atoms with Gasteiger partial charge in [-0.15, -0.1) is 0 Å². The van der Waals surface area contributed by atoms with Crippen LogP contribution in [0.2, 0.25) is 0 Å². The van der Waals surface area contributed by atoms with Gasteiger partial charge in [0, 0.05) is 23.0 Å². The third kappa shape index (κ3) is 3.93. The second-order valence-corrected chi connectivity index (χ2v) is 9.64. The number of amides is 1. The molecule has 33 heavy (non-hydrogen) atoms. The van der Waals surface area contributed by atoms with Crippen LogP contribution < -0.4 is 4.74 Å². The summed E-state index contributed by atoms with van der Waals surface area (Å²) in [6.07, 6.45) is 7.70. The van der Waals surface area contributed by atoms with Gasteiger partial charge in [0.15, 0.2) is 5.84 Å². The maximum Gasteiger partial charge on any atom is 0.283 e. The molecule has 0 radical (unpaired) electrons. The maximum atomic E-state index is 12.9. The summed E-state index contributed by atoms with van der Waals surface area (Å²) in [6.45, 7) is 4.04. The van der Waals surface area contributed by atoms with Gasteiger partial charge in [0.05, 0.1) is 12.7 Å². The topological polar surface area (TPSA) is 83.0 Å². The van der Waals surface area contributed by atoms with Crippen molar-refractivity contribution in [3.63, 3.8) is 0 Å². The van der Waals surface area contributed by atoms with Crippen LogP contribution in [0.15, 0.2) is 46.0 Å². The third-order valence-electron chi connectivity index (χ3n) is 6.53. The molecule has 1 N–H and O–H groups in total. The van der Waals surface area contributed by atoms with Crippen LogP contribution in [-0.4, -0.2) is 38.6 Å². The first-order valence-corrected chi connectivity index (χ1v) is 12.1. The molecule has 0 spiro atoms. The fourth-order valence-corrected chi connectivity index (χ4v) is 5.80. The molecular formula is C25H27N5O2S. The molecule has 5 rings (SSSR count). The van der Waals surface area contributed by atoms with Gasteiger partial charge in [-0.2, -0.15) is 15.1 Å². The van der Waals surface area contributed by atoms with Crippen LogP contribution in [0.4, 0.5) is 0 Å².